The summed E-state index contributed by atoms with van der Waals surface area (Å²) in [5.74, 6) is -0.596. The summed E-state index contributed by atoms with van der Waals surface area (Å²) in [4.78, 5) is 11.9. The Morgan fingerprint density at radius 2 is 1.50 bits per heavy atom. The SMILES string of the molecule is C=C(NNC(=O)c1ccc(Br)cc1)c1ccc(F)cc1. The molecule has 0 unspecified atom stereocenters. The Kier molecular flexibility index (Phi) is 4.53. The van der Waals surface area contributed by atoms with Crippen LogP contribution in [-0.2, 0) is 0 Å². The average molecular weight is 335 g/mol. The number of hydrogen-bond acceptors (Lipinski definition) is 2. The lowest BCUT2D eigenvalue weighted by Gasteiger charge is -2.11. The molecule has 2 aromatic rings. The number of halogens is 2. The normalized spacial score (nSPS) is 9.90. The van der Waals surface area contributed by atoms with Gasteiger partial charge in [-0.2, -0.15) is 0 Å². The summed E-state index contributed by atoms with van der Waals surface area (Å²) in [5.41, 5.74) is 6.94. The number of nitrogens with one attached hydrogen (secondary N) is 2. The second-order valence-corrected chi connectivity index (χ2v) is 4.99. The van der Waals surface area contributed by atoms with E-state index in [0.717, 1.165) is 4.47 Å². The lowest BCUT2D eigenvalue weighted by atomic mass is 10.2. The van der Waals surface area contributed by atoms with E-state index >= 15 is 0 Å². The van der Waals surface area contributed by atoms with Crippen molar-refractivity contribution in [2.75, 3.05) is 0 Å². The largest absolute Gasteiger partial charge is 0.298 e. The van der Waals surface area contributed by atoms with Gasteiger partial charge in [0.25, 0.3) is 5.91 Å². The van der Waals surface area contributed by atoms with Crippen LogP contribution in [0.5, 0.6) is 0 Å². The van der Waals surface area contributed by atoms with Gasteiger partial charge in [-0.05, 0) is 54.1 Å². The van der Waals surface area contributed by atoms with Crippen molar-refractivity contribution >= 4 is 27.5 Å². The molecular weight excluding hydrogens is 323 g/mol. The first-order chi connectivity index (χ1) is 9.56. The molecule has 5 heteroatoms. The Balaban J connectivity index is 1.94. The van der Waals surface area contributed by atoms with Gasteiger partial charge >= 0.3 is 0 Å². The highest BCUT2D eigenvalue weighted by Crippen LogP contribution is 2.11. The molecule has 0 radical (unpaired) electrons. The highest BCUT2D eigenvalue weighted by atomic mass is 79.9. The summed E-state index contributed by atoms with van der Waals surface area (Å²) < 4.78 is 13.7. The van der Waals surface area contributed by atoms with Crippen molar-refractivity contribution in [3.05, 3.63) is 76.5 Å². The highest BCUT2D eigenvalue weighted by Gasteiger charge is 2.05. The molecule has 102 valence electrons. The van der Waals surface area contributed by atoms with Crippen LogP contribution in [0.4, 0.5) is 4.39 Å². The fraction of sp³-hybridized carbons (Fsp3) is 0. The molecule has 0 saturated carbocycles. The van der Waals surface area contributed by atoms with E-state index in [1.807, 2.05) is 0 Å². The zero-order chi connectivity index (χ0) is 14.5. The van der Waals surface area contributed by atoms with Crippen LogP contribution >= 0.6 is 15.9 Å². The summed E-state index contributed by atoms with van der Waals surface area (Å²) >= 11 is 3.30. The Morgan fingerprint density at radius 3 is 2.10 bits per heavy atom. The van der Waals surface area contributed by atoms with E-state index < -0.39 is 0 Å². The quantitative estimate of drug-likeness (QED) is 0.840. The predicted octanol–water partition coefficient (Wildman–Crippen LogP) is 3.49. The molecule has 0 fully saturated rings. The van der Waals surface area contributed by atoms with E-state index in [2.05, 4.69) is 33.4 Å². The van der Waals surface area contributed by atoms with Crippen molar-refractivity contribution in [1.82, 2.24) is 10.9 Å². The van der Waals surface area contributed by atoms with Gasteiger partial charge in [-0.25, -0.2) is 4.39 Å². The molecule has 2 aromatic carbocycles. The fourth-order valence-corrected chi connectivity index (χ4v) is 1.79. The average Bonchev–Trinajstić information content (AvgIpc) is 2.46. The minimum atomic E-state index is -0.319. The smallest absolute Gasteiger partial charge is 0.269 e. The molecule has 20 heavy (non-hydrogen) atoms. The van der Waals surface area contributed by atoms with Crippen LogP contribution in [0.3, 0.4) is 0 Å². The molecular formula is C15H12BrFN2O. The first-order valence-corrected chi connectivity index (χ1v) is 6.62. The first kappa shape index (κ1) is 14.3. The molecule has 0 atom stereocenters. The maximum atomic E-state index is 12.8. The molecule has 0 bridgehead atoms. The third-order valence-corrected chi connectivity index (χ3v) is 3.15. The van der Waals surface area contributed by atoms with E-state index in [0.29, 0.717) is 16.8 Å². The van der Waals surface area contributed by atoms with Gasteiger partial charge in [0.2, 0.25) is 0 Å². The monoisotopic (exact) mass is 334 g/mol. The highest BCUT2D eigenvalue weighted by molar-refractivity contribution is 9.10. The van der Waals surface area contributed by atoms with Crippen molar-refractivity contribution in [2.24, 2.45) is 0 Å². The van der Waals surface area contributed by atoms with Crippen LogP contribution in [0.2, 0.25) is 0 Å². The number of carbonyl (C=O) groups excluding carboxylic acids is 1. The maximum Gasteiger partial charge on any atom is 0.269 e. The molecule has 0 spiro atoms. The molecule has 0 heterocycles. The summed E-state index contributed by atoms with van der Waals surface area (Å²) in [7, 11) is 0. The van der Waals surface area contributed by atoms with Crippen LogP contribution in [-0.4, -0.2) is 5.91 Å². The molecule has 0 aliphatic rings. The number of carbonyl (C=O) groups is 1. The van der Waals surface area contributed by atoms with E-state index in [1.165, 1.54) is 12.1 Å². The summed E-state index contributed by atoms with van der Waals surface area (Å²) in [6, 6.07) is 12.8. The van der Waals surface area contributed by atoms with Crippen LogP contribution in [0.15, 0.2) is 59.6 Å². The van der Waals surface area contributed by atoms with E-state index in [4.69, 9.17) is 0 Å². The third kappa shape index (κ3) is 3.68. The van der Waals surface area contributed by atoms with E-state index in [1.54, 1.807) is 36.4 Å². The van der Waals surface area contributed by atoms with Gasteiger partial charge in [-0.15, -0.1) is 0 Å². The zero-order valence-electron chi connectivity index (χ0n) is 10.5. The second-order valence-electron chi connectivity index (χ2n) is 4.07. The van der Waals surface area contributed by atoms with Crippen LogP contribution < -0.4 is 10.9 Å². The molecule has 0 aliphatic carbocycles. The van der Waals surface area contributed by atoms with Gasteiger partial charge in [0.15, 0.2) is 0 Å². The number of benzene rings is 2. The second kappa shape index (κ2) is 6.34. The predicted molar refractivity (Wildman–Crippen MR) is 80.2 cm³/mol. The summed E-state index contributed by atoms with van der Waals surface area (Å²) in [6.07, 6.45) is 0. The Labute approximate surface area is 124 Å². The number of hydrazine groups is 1. The van der Waals surface area contributed by atoms with E-state index in [-0.39, 0.29) is 11.7 Å². The van der Waals surface area contributed by atoms with E-state index in [9.17, 15) is 9.18 Å². The minimum Gasteiger partial charge on any atom is -0.298 e. The standard InChI is InChI=1S/C15H12BrFN2O/c1-10(11-4-8-14(17)9-5-11)18-19-15(20)12-2-6-13(16)7-3-12/h2-9,18H,1H2,(H,19,20). The molecule has 0 aliphatic heterocycles. The van der Waals surface area contributed by atoms with Crippen LogP contribution in [0.1, 0.15) is 15.9 Å². The van der Waals surface area contributed by atoms with Crippen molar-refractivity contribution < 1.29 is 9.18 Å². The van der Waals surface area contributed by atoms with Crippen molar-refractivity contribution in [3.63, 3.8) is 0 Å². The Morgan fingerprint density at radius 1 is 0.950 bits per heavy atom. The summed E-state index contributed by atoms with van der Waals surface area (Å²) in [6.45, 7) is 3.78. The van der Waals surface area contributed by atoms with Crippen LogP contribution in [0.25, 0.3) is 5.70 Å². The molecule has 0 saturated heterocycles. The first-order valence-electron chi connectivity index (χ1n) is 5.83. The van der Waals surface area contributed by atoms with Gasteiger partial charge in [0.05, 0.1) is 5.70 Å². The molecule has 0 aromatic heterocycles. The Hall–Kier alpha value is -2.14. The van der Waals surface area contributed by atoms with Crippen molar-refractivity contribution in [1.29, 1.82) is 0 Å². The number of hydrogen-bond donors (Lipinski definition) is 2. The lowest BCUT2D eigenvalue weighted by Crippen LogP contribution is -2.35. The topological polar surface area (TPSA) is 41.1 Å². The lowest BCUT2D eigenvalue weighted by molar-refractivity contribution is 0.0942. The van der Waals surface area contributed by atoms with Gasteiger partial charge < -0.3 is 0 Å². The maximum absolute atomic E-state index is 12.8. The number of amides is 1. The summed E-state index contributed by atoms with van der Waals surface area (Å²) in [5, 5.41) is 0. The van der Waals surface area contributed by atoms with Gasteiger partial charge in [0.1, 0.15) is 5.82 Å². The molecule has 2 N–H and O–H groups in total. The third-order valence-electron chi connectivity index (χ3n) is 2.63. The number of rotatable bonds is 4. The fourth-order valence-electron chi connectivity index (χ4n) is 1.53. The minimum absolute atomic E-state index is 0.277. The molecule has 2 rings (SSSR count). The van der Waals surface area contributed by atoms with Gasteiger partial charge in [-0.1, -0.05) is 22.5 Å². The molecule has 3 nitrogen and oxygen atoms in total. The molecule has 1 amide bonds. The zero-order valence-corrected chi connectivity index (χ0v) is 12.1. The van der Waals surface area contributed by atoms with Gasteiger partial charge in [0, 0.05) is 10.0 Å². The van der Waals surface area contributed by atoms with Crippen molar-refractivity contribution in [3.8, 4) is 0 Å². The van der Waals surface area contributed by atoms with Crippen molar-refractivity contribution in [2.45, 2.75) is 0 Å². The Bertz CT molecular complexity index is 566. The van der Waals surface area contributed by atoms with Gasteiger partial charge in [-0.3, -0.25) is 15.6 Å². The van der Waals surface area contributed by atoms with Crippen LogP contribution in [0, 0.1) is 5.82 Å².